The predicted octanol–water partition coefficient (Wildman–Crippen LogP) is 1.04. The lowest BCUT2D eigenvalue weighted by Crippen LogP contribution is -2.25. The number of carboxylic acid groups (broad SMARTS) is 1. The minimum atomic E-state index is -1.33. The maximum atomic E-state index is 13.2. The second-order valence-corrected chi connectivity index (χ2v) is 3.28. The Labute approximate surface area is 97.2 Å². The van der Waals surface area contributed by atoms with Crippen LogP contribution in [0.4, 0.5) is 4.39 Å². The van der Waals surface area contributed by atoms with Crippen molar-refractivity contribution in [2.45, 2.75) is 6.92 Å². The number of carbonyl (C=O) groups excluding carboxylic acids is 1. The first-order valence-electron chi connectivity index (χ1n) is 4.91. The summed E-state index contributed by atoms with van der Waals surface area (Å²) in [4.78, 5) is 21.1. The topological polar surface area (TPSA) is 75.6 Å². The molecule has 1 rings (SSSR count). The molecule has 0 aliphatic rings. The molecule has 0 unspecified atom stereocenters. The van der Waals surface area contributed by atoms with Gasteiger partial charge in [-0.1, -0.05) is 0 Å². The maximum absolute atomic E-state index is 13.2. The molecule has 17 heavy (non-hydrogen) atoms. The van der Waals surface area contributed by atoms with Gasteiger partial charge in [0.2, 0.25) is 5.91 Å². The quantitative estimate of drug-likeness (QED) is 0.755. The number of rotatable bonds is 5. The summed E-state index contributed by atoms with van der Waals surface area (Å²) in [6, 6.07) is 3.49. The number of amides is 1. The van der Waals surface area contributed by atoms with E-state index < -0.39 is 17.3 Å². The highest BCUT2D eigenvalue weighted by molar-refractivity contribution is 5.88. The van der Waals surface area contributed by atoms with Gasteiger partial charge in [-0.15, -0.1) is 0 Å². The second-order valence-electron chi connectivity index (χ2n) is 3.28. The molecule has 0 bridgehead atoms. The van der Waals surface area contributed by atoms with Crippen molar-refractivity contribution in [2.75, 3.05) is 13.2 Å². The van der Waals surface area contributed by atoms with Gasteiger partial charge in [-0.3, -0.25) is 4.79 Å². The van der Waals surface area contributed by atoms with E-state index in [2.05, 4.69) is 5.32 Å². The monoisotopic (exact) mass is 241 g/mol. The molecule has 1 aromatic carbocycles. The summed E-state index contributed by atoms with van der Waals surface area (Å²) in [6.07, 6.45) is 0. The number of nitrogens with one attached hydrogen (secondary N) is 1. The smallest absolute Gasteiger partial charge is 0.338 e. The fourth-order valence-corrected chi connectivity index (χ4v) is 1.16. The summed E-state index contributed by atoms with van der Waals surface area (Å²) in [7, 11) is 0. The fourth-order valence-electron chi connectivity index (χ4n) is 1.16. The van der Waals surface area contributed by atoms with E-state index in [1.165, 1.54) is 13.0 Å². The van der Waals surface area contributed by atoms with Gasteiger partial charge in [0.25, 0.3) is 0 Å². The molecular formula is C11H12FNO4. The van der Waals surface area contributed by atoms with Crippen LogP contribution >= 0.6 is 0 Å². The molecule has 2 N–H and O–H groups in total. The number of aromatic carboxylic acids is 1. The first kappa shape index (κ1) is 13.0. The molecule has 0 saturated heterocycles. The molecule has 1 aromatic rings. The number of carboxylic acids is 1. The first-order valence-corrected chi connectivity index (χ1v) is 4.91. The van der Waals surface area contributed by atoms with E-state index in [4.69, 9.17) is 9.84 Å². The first-order chi connectivity index (χ1) is 8.00. The van der Waals surface area contributed by atoms with E-state index in [0.29, 0.717) is 6.54 Å². The molecule has 1 amide bonds. The van der Waals surface area contributed by atoms with E-state index >= 15 is 0 Å². The van der Waals surface area contributed by atoms with Crippen LogP contribution in [0.5, 0.6) is 5.75 Å². The molecule has 0 saturated carbocycles. The largest absolute Gasteiger partial charge is 0.492 e. The van der Waals surface area contributed by atoms with Crippen LogP contribution < -0.4 is 10.1 Å². The zero-order chi connectivity index (χ0) is 12.8. The molecule has 0 spiro atoms. The van der Waals surface area contributed by atoms with Crippen molar-refractivity contribution in [3.8, 4) is 5.75 Å². The Bertz CT molecular complexity index is 433. The lowest BCUT2D eigenvalue weighted by atomic mass is 10.2. The summed E-state index contributed by atoms with van der Waals surface area (Å²) in [6.45, 7) is 1.87. The van der Waals surface area contributed by atoms with Crippen molar-refractivity contribution in [1.29, 1.82) is 0 Å². The van der Waals surface area contributed by atoms with Gasteiger partial charge in [0, 0.05) is 13.0 Å². The summed E-state index contributed by atoms with van der Waals surface area (Å²) < 4.78 is 18.3. The zero-order valence-electron chi connectivity index (χ0n) is 9.20. The van der Waals surface area contributed by atoms with Crippen molar-refractivity contribution in [1.82, 2.24) is 5.32 Å². The summed E-state index contributed by atoms with van der Waals surface area (Å²) >= 11 is 0. The molecular weight excluding hydrogens is 229 g/mol. The molecule has 5 nitrogen and oxygen atoms in total. The Balaban J connectivity index is 2.53. The van der Waals surface area contributed by atoms with Crippen LogP contribution in [0.2, 0.25) is 0 Å². The van der Waals surface area contributed by atoms with Gasteiger partial charge in [0.15, 0.2) is 0 Å². The van der Waals surface area contributed by atoms with E-state index in [1.54, 1.807) is 0 Å². The van der Waals surface area contributed by atoms with Gasteiger partial charge < -0.3 is 15.2 Å². The highest BCUT2D eigenvalue weighted by atomic mass is 19.1. The Hall–Kier alpha value is -2.11. The maximum Gasteiger partial charge on any atom is 0.338 e. The van der Waals surface area contributed by atoms with Crippen molar-refractivity contribution in [3.05, 3.63) is 29.6 Å². The third-order valence-corrected chi connectivity index (χ3v) is 1.92. The van der Waals surface area contributed by atoms with Gasteiger partial charge in [-0.05, 0) is 12.1 Å². The summed E-state index contributed by atoms with van der Waals surface area (Å²) in [5.41, 5.74) is -0.404. The second kappa shape index (κ2) is 5.83. The fraction of sp³-hybridized carbons (Fsp3) is 0.273. The lowest BCUT2D eigenvalue weighted by molar-refractivity contribution is -0.119. The third-order valence-electron chi connectivity index (χ3n) is 1.92. The average Bonchev–Trinajstić information content (AvgIpc) is 2.23. The number of carbonyl (C=O) groups is 2. The molecule has 0 aliphatic carbocycles. The van der Waals surface area contributed by atoms with Gasteiger partial charge >= 0.3 is 5.97 Å². The molecule has 92 valence electrons. The normalized spacial score (nSPS) is 9.76. The standard InChI is InChI=1S/C11H12FNO4/c1-7(14)13-4-5-17-8-2-3-9(11(15)16)10(12)6-8/h2-3,6H,4-5H2,1H3,(H,13,14)(H,15,16). The Morgan fingerprint density at radius 2 is 2.18 bits per heavy atom. The van der Waals surface area contributed by atoms with Crippen LogP contribution in [0.1, 0.15) is 17.3 Å². The molecule has 0 radical (unpaired) electrons. The van der Waals surface area contributed by atoms with E-state index in [0.717, 1.165) is 12.1 Å². The Morgan fingerprint density at radius 1 is 1.47 bits per heavy atom. The van der Waals surface area contributed by atoms with Crippen LogP contribution in [0, 0.1) is 5.82 Å². The van der Waals surface area contributed by atoms with Crippen molar-refractivity contribution >= 4 is 11.9 Å². The molecule has 0 aromatic heterocycles. The van der Waals surface area contributed by atoms with Crippen LogP contribution in [0.15, 0.2) is 18.2 Å². The SMILES string of the molecule is CC(=O)NCCOc1ccc(C(=O)O)c(F)c1. The molecule has 0 atom stereocenters. The lowest BCUT2D eigenvalue weighted by Gasteiger charge is -2.07. The summed E-state index contributed by atoms with van der Waals surface area (Å²) in [5.74, 6) is -2.14. The minimum Gasteiger partial charge on any atom is -0.492 e. The van der Waals surface area contributed by atoms with Crippen molar-refractivity contribution < 1.29 is 23.8 Å². The summed E-state index contributed by atoms with van der Waals surface area (Å²) in [5, 5.41) is 11.1. The number of halogens is 1. The number of ether oxygens (including phenoxy) is 1. The number of hydrogen-bond acceptors (Lipinski definition) is 3. The van der Waals surface area contributed by atoms with Gasteiger partial charge in [0.05, 0.1) is 12.1 Å². The van der Waals surface area contributed by atoms with Crippen LogP contribution in [-0.2, 0) is 4.79 Å². The van der Waals surface area contributed by atoms with Crippen LogP contribution in [0.3, 0.4) is 0 Å². The van der Waals surface area contributed by atoms with Gasteiger partial charge in [-0.2, -0.15) is 0 Å². The van der Waals surface area contributed by atoms with E-state index in [1.807, 2.05) is 0 Å². The average molecular weight is 241 g/mol. The molecule has 0 fully saturated rings. The molecule has 6 heteroatoms. The minimum absolute atomic E-state index is 0.180. The third kappa shape index (κ3) is 4.10. The van der Waals surface area contributed by atoms with Crippen LogP contribution in [0.25, 0.3) is 0 Å². The van der Waals surface area contributed by atoms with E-state index in [9.17, 15) is 14.0 Å². The van der Waals surface area contributed by atoms with Crippen molar-refractivity contribution in [3.63, 3.8) is 0 Å². The Morgan fingerprint density at radius 3 is 2.71 bits per heavy atom. The zero-order valence-corrected chi connectivity index (χ0v) is 9.20. The molecule has 0 heterocycles. The van der Waals surface area contributed by atoms with E-state index in [-0.39, 0.29) is 18.3 Å². The highest BCUT2D eigenvalue weighted by Crippen LogP contribution is 2.16. The van der Waals surface area contributed by atoms with Crippen molar-refractivity contribution in [2.24, 2.45) is 0 Å². The van der Waals surface area contributed by atoms with Crippen LogP contribution in [-0.4, -0.2) is 30.1 Å². The van der Waals surface area contributed by atoms with Gasteiger partial charge in [0.1, 0.15) is 18.2 Å². The Kier molecular flexibility index (Phi) is 4.45. The predicted molar refractivity (Wildman–Crippen MR) is 57.5 cm³/mol. The highest BCUT2D eigenvalue weighted by Gasteiger charge is 2.10. The molecule has 0 aliphatic heterocycles. The van der Waals surface area contributed by atoms with Gasteiger partial charge in [-0.25, -0.2) is 9.18 Å². The number of hydrogen-bond donors (Lipinski definition) is 2. The number of benzene rings is 1.